The fraction of sp³-hybridized carbons (Fsp3) is 0.576. The quantitative estimate of drug-likeness (QED) is 0.357. The van der Waals surface area contributed by atoms with Crippen LogP contribution in [-0.2, 0) is 19.1 Å². The highest BCUT2D eigenvalue weighted by Gasteiger charge is 2.36. The molecule has 13 nitrogen and oxygen atoms in total. The number of nitrogens with one attached hydrogen (secondary N) is 2. The van der Waals surface area contributed by atoms with Crippen LogP contribution < -0.4 is 15.4 Å². The number of amides is 5. The first-order chi connectivity index (χ1) is 22.2. The molecule has 0 radical (unpaired) electrons. The van der Waals surface area contributed by atoms with E-state index < -0.39 is 11.9 Å². The molecule has 1 atom stereocenters. The number of likely N-dealkylation sites (tertiary alicyclic amines) is 1. The van der Waals surface area contributed by atoms with Crippen LogP contribution in [0.4, 0.5) is 4.79 Å². The first-order valence-electron chi connectivity index (χ1n) is 16.3. The van der Waals surface area contributed by atoms with E-state index >= 15 is 0 Å². The Labute approximate surface area is 268 Å². The largest absolute Gasteiger partial charge is 0.483 e. The summed E-state index contributed by atoms with van der Waals surface area (Å²) in [6.07, 6.45) is 5.79. The molecule has 0 bridgehead atoms. The summed E-state index contributed by atoms with van der Waals surface area (Å²) in [6.45, 7) is 5.67. The van der Waals surface area contributed by atoms with Crippen molar-refractivity contribution in [3.63, 3.8) is 0 Å². The lowest BCUT2D eigenvalue weighted by atomic mass is 9.93. The Morgan fingerprint density at radius 1 is 0.935 bits per heavy atom. The number of nitrogens with zero attached hydrogens (tertiary/aromatic N) is 4. The molecule has 3 fully saturated rings. The summed E-state index contributed by atoms with van der Waals surface area (Å²) >= 11 is 0. The van der Waals surface area contributed by atoms with Crippen molar-refractivity contribution in [3.8, 4) is 5.75 Å². The molecule has 1 aliphatic carbocycles. The summed E-state index contributed by atoms with van der Waals surface area (Å²) in [7, 11) is 0. The second-order valence-corrected chi connectivity index (χ2v) is 12.2. The average molecular weight is 637 g/mol. The van der Waals surface area contributed by atoms with Crippen LogP contribution >= 0.6 is 0 Å². The van der Waals surface area contributed by atoms with E-state index in [9.17, 15) is 24.0 Å². The van der Waals surface area contributed by atoms with E-state index in [2.05, 4.69) is 15.6 Å². The van der Waals surface area contributed by atoms with Gasteiger partial charge < -0.3 is 34.8 Å². The summed E-state index contributed by atoms with van der Waals surface area (Å²) < 4.78 is 11.2. The number of aryl methyl sites for hydroxylation is 1. The first-order valence-corrected chi connectivity index (χ1v) is 16.3. The molecule has 2 saturated heterocycles. The van der Waals surface area contributed by atoms with E-state index in [4.69, 9.17) is 9.47 Å². The molecular formula is C33H44N6O7. The minimum atomic E-state index is -0.557. The van der Waals surface area contributed by atoms with Gasteiger partial charge in [0, 0.05) is 50.2 Å². The van der Waals surface area contributed by atoms with Crippen LogP contribution in [0.25, 0.3) is 10.9 Å². The Bertz CT molecular complexity index is 1450. The average Bonchev–Trinajstić information content (AvgIpc) is 3.54. The monoisotopic (exact) mass is 636 g/mol. The van der Waals surface area contributed by atoms with Gasteiger partial charge in [-0.1, -0.05) is 19.4 Å². The summed E-state index contributed by atoms with van der Waals surface area (Å²) in [5, 5.41) is 6.34. The van der Waals surface area contributed by atoms with E-state index in [-0.39, 0.29) is 48.7 Å². The number of benzene rings is 1. The predicted molar refractivity (Wildman–Crippen MR) is 169 cm³/mol. The lowest BCUT2D eigenvalue weighted by Gasteiger charge is -2.34. The number of piperazine rings is 1. The third kappa shape index (κ3) is 8.04. The van der Waals surface area contributed by atoms with Gasteiger partial charge in [-0.3, -0.25) is 19.2 Å². The van der Waals surface area contributed by atoms with Gasteiger partial charge in [0.05, 0.1) is 18.7 Å². The van der Waals surface area contributed by atoms with E-state index in [0.29, 0.717) is 62.4 Å². The van der Waals surface area contributed by atoms with Gasteiger partial charge in [-0.2, -0.15) is 0 Å². The van der Waals surface area contributed by atoms with Crippen molar-refractivity contribution in [1.29, 1.82) is 0 Å². The number of hydrogen-bond donors (Lipinski definition) is 2. The van der Waals surface area contributed by atoms with Crippen LogP contribution in [0.2, 0.25) is 0 Å². The van der Waals surface area contributed by atoms with Crippen molar-refractivity contribution < 1.29 is 33.4 Å². The Kier molecular flexibility index (Phi) is 10.9. The summed E-state index contributed by atoms with van der Waals surface area (Å²) in [4.78, 5) is 73.5. The minimum Gasteiger partial charge on any atom is -0.483 e. The van der Waals surface area contributed by atoms with Crippen LogP contribution in [0.15, 0.2) is 24.3 Å². The molecule has 3 heterocycles. The zero-order valence-electron chi connectivity index (χ0n) is 26.7. The maximum atomic E-state index is 13.2. The molecule has 3 aliphatic rings. The molecule has 13 heteroatoms. The number of aromatic nitrogens is 1. The highest BCUT2D eigenvalue weighted by molar-refractivity contribution is 5.99. The van der Waals surface area contributed by atoms with Crippen molar-refractivity contribution in [2.75, 3.05) is 52.5 Å². The van der Waals surface area contributed by atoms with Gasteiger partial charge >= 0.3 is 6.09 Å². The number of fused-ring (bicyclic) bond motifs is 1. The van der Waals surface area contributed by atoms with Gasteiger partial charge in [0.15, 0.2) is 6.61 Å². The van der Waals surface area contributed by atoms with Gasteiger partial charge in [-0.25, -0.2) is 9.78 Å². The number of unbranched alkanes of at least 4 members (excludes halogenated alkanes) is 1. The van der Waals surface area contributed by atoms with Gasteiger partial charge in [0.2, 0.25) is 11.8 Å². The van der Waals surface area contributed by atoms with Gasteiger partial charge in [0.25, 0.3) is 11.8 Å². The molecule has 46 heavy (non-hydrogen) atoms. The number of ether oxygens (including phenoxy) is 2. The van der Waals surface area contributed by atoms with Crippen LogP contribution in [0.5, 0.6) is 5.75 Å². The number of pyridine rings is 1. The number of rotatable bonds is 11. The zero-order chi connectivity index (χ0) is 32.6. The van der Waals surface area contributed by atoms with Crippen LogP contribution in [0, 0.1) is 6.92 Å². The number of carbonyl (C=O) groups is 5. The van der Waals surface area contributed by atoms with E-state index in [1.165, 1.54) is 6.07 Å². The molecule has 5 amide bonds. The van der Waals surface area contributed by atoms with E-state index in [1.807, 2.05) is 32.0 Å². The van der Waals surface area contributed by atoms with Crippen LogP contribution in [0.1, 0.15) is 67.9 Å². The predicted octanol–water partition coefficient (Wildman–Crippen LogP) is 2.39. The van der Waals surface area contributed by atoms with Crippen molar-refractivity contribution in [2.24, 2.45) is 0 Å². The Hall–Kier alpha value is -4.42. The van der Waals surface area contributed by atoms with Gasteiger partial charge in [0.1, 0.15) is 17.5 Å². The van der Waals surface area contributed by atoms with Crippen molar-refractivity contribution in [2.45, 2.75) is 70.9 Å². The molecule has 1 aromatic heterocycles. The molecule has 1 aromatic carbocycles. The van der Waals surface area contributed by atoms with Crippen LogP contribution in [-0.4, -0.2) is 114 Å². The molecular weight excluding hydrogens is 592 g/mol. The second kappa shape index (κ2) is 15.2. The maximum absolute atomic E-state index is 13.2. The highest BCUT2D eigenvalue weighted by Crippen LogP contribution is 2.27. The van der Waals surface area contributed by atoms with E-state index in [1.54, 1.807) is 14.7 Å². The molecule has 1 unspecified atom stereocenters. The maximum Gasteiger partial charge on any atom is 0.409 e. The number of carbonyl (C=O) groups excluding carboxylic acids is 5. The SMILES string of the molecule is CCCCOC(=O)N1CCN(C(=O)CNC(=O)c2cc(OCC(=O)N3CCCC3C(=O)NC3CCC3)c3ccc(C)cc3n2)CC1. The van der Waals surface area contributed by atoms with Crippen molar-refractivity contribution in [1.82, 2.24) is 30.3 Å². The zero-order valence-corrected chi connectivity index (χ0v) is 26.7. The minimum absolute atomic E-state index is 0.0481. The lowest BCUT2D eigenvalue weighted by Crippen LogP contribution is -2.52. The smallest absolute Gasteiger partial charge is 0.409 e. The standard InChI is InChI=1S/C33H44N6O7/c1-3-4-17-45-33(44)38-15-13-37(14-16-38)29(40)20-34-31(42)26-19-28(24-11-10-22(2)18-25(24)36-26)46-21-30(41)39-12-6-9-27(39)32(43)35-23-7-5-8-23/h10-11,18-19,23,27H,3-9,12-17,20-21H2,1-2H3,(H,34,42)(H,35,43). The summed E-state index contributed by atoms with van der Waals surface area (Å²) in [5.41, 5.74) is 1.50. The topological polar surface area (TPSA) is 150 Å². The Morgan fingerprint density at radius 3 is 2.41 bits per heavy atom. The lowest BCUT2D eigenvalue weighted by molar-refractivity contribution is -0.140. The molecule has 2 N–H and O–H groups in total. The first kappa shape index (κ1) is 33.0. The third-order valence-electron chi connectivity index (χ3n) is 8.85. The summed E-state index contributed by atoms with van der Waals surface area (Å²) in [6, 6.07) is 6.70. The Morgan fingerprint density at radius 2 is 1.70 bits per heavy atom. The fourth-order valence-electron chi connectivity index (χ4n) is 5.84. The van der Waals surface area contributed by atoms with Gasteiger partial charge in [-0.05, 0) is 63.1 Å². The molecule has 2 aromatic rings. The second-order valence-electron chi connectivity index (χ2n) is 12.2. The third-order valence-corrected chi connectivity index (χ3v) is 8.85. The summed E-state index contributed by atoms with van der Waals surface area (Å²) in [5.74, 6) is -0.924. The molecule has 248 valence electrons. The molecule has 1 saturated carbocycles. The van der Waals surface area contributed by atoms with Crippen molar-refractivity contribution >= 4 is 40.6 Å². The van der Waals surface area contributed by atoms with Gasteiger partial charge in [-0.15, -0.1) is 0 Å². The normalized spacial score (nSPS) is 18.2. The molecule has 0 spiro atoms. The number of hydrogen-bond acceptors (Lipinski definition) is 8. The highest BCUT2D eigenvalue weighted by atomic mass is 16.6. The van der Waals surface area contributed by atoms with E-state index in [0.717, 1.165) is 44.1 Å². The molecule has 2 aliphatic heterocycles. The molecule has 5 rings (SSSR count). The van der Waals surface area contributed by atoms with Crippen molar-refractivity contribution in [3.05, 3.63) is 35.5 Å². The Balaban J connectivity index is 1.18. The van der Waals surface area contributed by atoms with Crippen LogP contribution in [0.3, 0.4) is 0 Å². The fourth-order valence-corrected chi connectivity index (χ4v) is 5.84.